The van der Waals surface area contributed by atoms with E-state index in [4.69, 9.17) is 9.47 Å². The second-order valence-electron chi connectivity index (χ2n) is 6.69. The Bertz CT molecular complexity index is 983. The van der Waals surface area contributed by atoms with E-state index in [1.807, 2.05) is 0 Å². The highest BCUT2D eigenvalue weighted by Crippen LogP contribution is 2.16. The number of nitrogens with zero attached hydrogens (tertiary/aromatic N) is 3. The topological polar surface area (TPSA) is 129 Å². The minimum atomic E-state index is -0.517. The number of non-ortho nitro benzene ring substituents is 1. The number of nitrogens with one attached hydrogen (secondary N) is 1. The van der Waals surface area contributed by atoms with Crippen LogP contribution >= 0.6 is 0 Å². The van der Waals surface area contributed by atoms with E-state index < -0.39 is 16.5 Å². The van der Waals surface area contributed by atoms with Crippen LogP contribution in [0.25, 0.3) is 5.69 Å². The zero-order valence-electron chi connectivity index (χ0n) is 16.2. The van der Waals surface area contributed by atoms with Crippen LogP contribution in [0.2, 0.25) is 0 Å². The Labute approximate surface area is 166 Å². The Kier molecular flexibility index (Phi) is 6.23. The number of aromatic nitrogens is 2. The summed E-state index contributed by atoms with van der Waals surface area (Å²) in [6.07, 6.45) is 1.81. The summed E-state index contributed by atoms with van der Waals surface area (Å²) in [6, 6.07) is 5.53. The smallest absolute Gasteiger partial charge is 0.311 e. The lowest BCUT2D eigenvalue weighted by atomic mass is 10.1. The number of hydrogen-bond acceptors (Lipinski definition) is 7. The molecule has 1 N–H and O–H groups in total. The molecule has 3 rings (SSSR count). The van der Waals surface area contributed by atoms with Gasteiger partial charge in [-0.3, -0.25) is 29.8 Å². The number of aliphatic imine (C=N–C) groups is 1. The standard InChI is InChI=1S/C19H22N4O6/c1-12(20-11-15-4-3-9-29-15)18-16(10-17(24)28-2)21-22(19(18)25)13-5-7-14(8-6-13)23(26)27/h5-8,15,21H,3-4,9-11H2,1-2H3/t15-/m1/s1. The lowest BCUT2D eigenvalue weighted by Crippen LogP contribution is -2.21. The fraction of sp³-hybridized carbons (Fsp3) is 0.421. The Morgan fingerprint density at radius 2 is 2.14 bits per heavy atom. The summed E-state index contributed by atoms with van der Waals surface area (Å²) in [5.74, 6) is -0.504. The first-order valence-electron chi connectivity index (χ1n) is 9.19. The summed E-state index contributed by atoms with van der Waals surface area (Å²) < 4.78 is 11.5. The van der Waals surface area contributed by atoms with E-state index in [1.165, 1.54) is 36.1 Å². The molecule has 10 heteroatoms. The molecule has 10 nitrogen and oxygen atoms in total. The highest BCUT2D eigenvalue weighted by atomic mass is 16.6. The fourth-order valence-corrected chi connectivity index (χ4v) is 3.21. The molecule has 0 bridgehead atoms. The van der Waals surface area contributed by atoms with E-state index in [0.29, 0.717) is 30.2 Å². The van der Waals surface area contributed by atoms with Crippen molar-refractivity contribution in [1.82, 2.24) is 9.78 Å². The minimum Gasteiger partial charge on any atom is -0.469 e. The van der Waals surface area contributed by atoms with Gasteiger partial charge in [0.2, 0.25) is 0 Å². The van der Waals surface area contributed by atoms with E-state index in [-0.39, 0.29) is 23.8 Å². The van der Waals surface area contributed by atoms with Gasteiger partial charge in [-0.15, -0.1) is 0 Å². The quantitative estimate of drug-likeness (QED) is 0.325. The molecule has 1 atom stereocenters. The number of rotatable bonds is 7. The molecule has 2 aromatic rings. The van der Waals surface area contributed by atoms with Gasteiger partial charge in [-0.2, -0.15) is 0 Å². The number of nitro groups is 1. The van der Waals surface area contributed by atoms with Gasteiger partial charge in [-0.1, -0.05) is 0 Å². The maximum atomic E-state index is 13.1. The van der Waals surface area contributed by atoms with Crippen molar-refractivity contribution in [3.63, 3.8) is 0 Å². The Morgan fingerprint density at radius 1 is 1.41 bits per heavy atom. The molecular formula is C19H22N4O6. The van der Waals surface area contributed by atoms with Crippen LogP contribution in [0.3, 0.4) is 0 Å². The van der Waals surface area contributed by atoms with Gasteiger partial charge >= 0.3 is 5.97 Å². The van der Waals surface area contributed by atoms with Crippen LogP contribution in [0, 0.1) is 10.1 Å². The SMILES string of the molecule is COC(=O)Cc1[nH]n(-c2ccc([N+](=O)[O-])cc2)c(=O)c1C(C)=NC[C@H]1CCCO1. The van der Waals surface area contributed by atoms with Crippen molar-refractivity contribution in [2.45, 2.75) is 32.3 Å². The van der Waals surface area contributed by atoms with E-state index in [9.17, 15) is 19.7 Å². The first-order valence-corrected chi connectivity index (χ1v) is 9.19. The summed E-state index contributed by atoms with van der Waals surface area (Å²) in [4.78, 5) is 39.7. The van der Waals surface area contributed by atoms with Crippen molar-refractivity contribution in [3.05, 3.63) is 56.0 Å². The summed E-state index contributed by atoms with van der Waals surface area (Å²) in [6.45, 7) is 2.86. The number of carbonyl (C=O) groups is 1. The third kappa shape index (κ3) is 4.60. The van der Waals surface area contributed by atoms with Crippen LogP contribution in [0.1, 0.15) is 31.0 Å². The molecule has 1 aromatic heterocycles. The Morgan fingerprint density at radius 3 is 2.72 bits per heavy atom. The maximum Gasteiger partial charge on any atom is 0.311 e. The normalized spacial score (nSPS) is 16.8. The molecule has 1 aliphatic rings. The number of H-pyrrole nitrogens is 1. The molecule has 1 aliphatic heterocycles. The van der Waals surface area contributed by atoms with E-state index in [2.05, 4.69) is 10.1 Å². The van der Waals surface area contributed by atoms with Crippen LogP contribution in [-0.4, -0.2) is 52.8 Å². The van der Waals surface area contributed by atoms with Crippen molar-refractivity contribution in [2.24, 2.45) is 4.99 Å². The molecule has 154 valence electrons. The van der Waals surface area contributed by atoms with Crippen molar-refractivity contribution in [1.29, 1.82) is 0 Å². The molecule has 1 saturated heterocycles. The van der Waals surface area contributed by atoms with E-state index >= 15 is 0 Å². The van der Waals surface area contributed by atoms with Crippen LogP contribution in [0.5, 0.6) is 0 Å². The average Bonchev–Trinajstić information content (AvgIpc) is 3.34. The summed E-state index contributed by atoms with van der Waals surface area (Å²) in [5.41, 5.74) is 1.07. The number of methoxy groups -OCH3 is 1. The minimum absolute atomic E-state index is 0.0323. The van der Waals surface area contributed by atoms with Gasteiger partial charge in [0.1, 0.15) is 0 Å². The molecule has 0 radical (unpaired) electrons. The Balaban J connectivity index is 1.98. The monoisotopic (exact) mass is 402 g/mol. The highest BCUT2D eigenvalue weighted by molar-refractivity contribution is 6.00. The second kappa shape index (κ2) is 8.82. The van der Waals surface area contributed by atoms with Gasteiger partial charge in [0.25, 0.3) is 11.2 Å². The maximum absolute atomic E-state index is 13.1. The predicted octanol–water partition coefficient (Wildman–Crippen LogP) is 1.78. The number of nitro benzene ring substituents is 1. The van der Waals surface area contributed by atoms with Gasteiger partial charge in [0.15, 0.2) is 0 Å². The molecule has 1 aromatic carbocycles. The lowest BCUT2D eigenvalue weighted by Gasteiger charge is -2.06. The zero-order valence-corrected chi connectivity index (χ0v) is 16.2. The van der Waals surface area contributed by atoms with Crippen molar-refractivity contribution < 1.29 is 19.2 Å². The third-order valence-electron chi connectivity index (χ3n) is 4.75. The molecule has 0 spiro atoms. The third-order valence-corrected chi connectivity index (χ3v) is 4.75. The molecule has 0 aliphatic carbocycles. The van der Waals surface area contributed by atoms with Gasteiger partial charge in [-0.25, -0.2) is 4.68 Å². The first kappa shape index (κ1) is 20.5. The number of aromatic amines is 1. The summed E-state index contributed by atoms with van der Waals surface area (Å²) in [5, 5.41) is 13.8. The van der Waals surface area contributed by atoms with E-state index in [0.717, 1.165) is 12.8 Å². The predicted molar refractivity (Wildman–Crippen MR) is 105 cm³/mol. The number of benzene rings is 1. The fourth-order valence-electron chi connectivity index (χ4n) is 3.21. The Hall–Kier alpha value is -3.27. The van der Waals surface area contributed by atoms with Gasteiger partial charge in [-0.05, 0) is 31.9 Å². The average molecular weight is 402 g/mol. The molecule has 1 fully saturated rings. The summed E-state index contributed by atoms with van der Waals surface area (Å²) >= 11 is 0. The largest absolute Gasteiger partial charge is 0.469 e. The van der Waals surface area contributed by atoms with Gasteiger partial charge in [0, 0.05) is 24.5 Å². The van der Waals surface area contributed by atoms with Crippen molar-refractivity contribution in [3.8, 4) is 5.69 Å². The number of esters is 1. The van der Waals surface area contributed by atoms with Crippen molar-refractivity contribution in [2.75, 3.05) is 20.3 Å². The number of carbonyl (C=O) groups excluding carboxylic acids is 1. The molecule has 2 heterocycles. The van der Waals surface area contributed by atoms with Crippen LogP contribution in [0.4, 0.5) is 5.69 Å². The molecule has 0 saturated carbocycles. The van der Waals surface area contributed by atoms with Gasteiger partial charge < -0.3 is 9.47 Å². The van der Waals surface area contributed by atoms with Gasteiger partial charge in [0.05, 0.1) is 48.0 Å². The van der Waals surface area contributed by atoms with Crippen LogP contribution < -0.4 is 5.56 Å². The highest BCUT2D eigenvalue weighted by Gasteiger charge is 2.21. The first-order chi connectivity index (χ1) is 13.9. The van der Waals surface area contributed by atoms with E-state index in [1.54, 1.807) is 6.92 Å². The van der Waals surface area contributed by atoms with Crippen molar-refractivity contribution >= 4 is 17.4 Å². The molecule has 0 amide bonds. The second-order valence-corrected chi connectivity index (χ2v) is 6.69. The molecule has 0 unspecified atom stereocenters. The number of hydrogen-bond donors (Lipinski definition) is 1. The molecule has 29 heavy (non-hydrogen) atoms. The lowest BCUT2D eigenvalue weighted by molar-refractivity contribution is -0.384. The number of ether oxygens (including phenoxy) is 2. The summed E-state index contributed by atoms with van der Waals surface area (Å²) in [7, 11) is 1.27. The van der Waals surface area contributed by atoms with Crippen LogP contribution in [-0.2, 0) is 20.7 Å². The van der Waals surface area contributed by atoms with Crippen LogP contribution in [0.15, 0.2) is 34.1 Å². The zero-order chi connectivity index (χ0) is 21.0. The molecular weight excluding hydrogens is 380 g/mol.